The van der Waals surface area contributed by atoms with Gasteiger partial charge in [-0.15, -0.1) is 0 Å². The number of pyridine rings is 1. The number of nitrogens with one attached hydrogen (secondary N) is 1. The first kappa shape index (κ1) is 15.5. The second kappa shape index (κ2) is 7.78. The minimum atomic E-state index is 0.523. The molecular formula is C16H24N4O. The van der Waals surface area contributed by atoms with Gasteiger partial charge < -0.3 is 10.1 Å². The zero-order valence-corrected chi connectivity index (χ0v) is 13.1. The molecule has 21 heavy (non-hydrogen) atoms. The van der Waals surface area contributed by atoms with Crippen molar-refractivity contribution in [1.82, 2.24) is 20.1 Å². The van der Waals surface area contributed by atoms with Crippen molar-refractivity contribution in [3.05, 3.63) is 41.5 Å². The highest BCUT2D eigenvalue weighted by atomic mass is 16.5. The summed E-state index contributed by atoms with van der Waals surface area (Å²) in [5.74, 6) is 0.789. The van der Waals surface area contributed by atoms with E-state index in [1.807, 2.05) is 16.8 Å². The van der Waals surface area contributed by atoms with E-state index in [0.29, 0.717) is 6.61 Å². The monoisotopic (exact) mass is 288 g/mol. The molecule has 0 saturated carbocycles. The van der Waals surface area contributed by atoms with Crippen LogP contribution in [-0.4, -0.2) is 21.3 Å². The van der Waals surface area contributed by atoms with Crippen molar-refractivity contribution in [1.29, 1.82) is 0 Å². The number of hydrogen-bond acceptors (Lipinski definition) is 4. The lowest BCUT2D eigenvalue weighted by atomic mass is 10.3. The molecule has 0 fully saturated rings. The molecule has 5 nitrogen and oxygen atoms in total. The minimum Gasteiger partial charge on any atom is -0.486 e. The molecule has 0 amide bonds. The molecule has 0 atom stereocenters. The van der Waals surface area contributed by atoms with Gasteiger partial charge in [0.1, 0.15) is 12.4 Å². The summed E-state index contributed by atoms with van der Waals surface area (Å²) in [6.45, 7) is 9.40. The smallest absolute Gasteiger partial charge is 0.138 e. The molecule has 2 aromatic rings. The average Bonchev–Trinajstić information content (AvgIpc) is 2.94. The van der Waals surface area contributed by atoms with Gasteiger partial charge >= 0.3 is 0 Å². The van der Waals surface area contributed by atoms with Crippen LogP contribution < -0.4 is 10.1 Å². The molecule has 0 aliphatic rings. The fraction of sp³-hybridized carbons (Fsp3) is 0.500. The van der Waals surface area contributed by atoms with Gasteiger partial charge in [-0.3, -0.25) is 9.67 Å². The second-order valence-corrected chi connectivity index (χ2v) is 4.85. The van der Waals surface area contributed by atoms with E-state index in [4.69, 9.17) is 4.74 Å². The van der Waals surface area contributed by atoms with Crippen molar-refractivity contribution < 1.29 is 4.74 Å². The number of rotatable bonds is 8. The predicted octanol–water partition coefficient (Wildman–Crippen LogP) is 2.55. The van der Waals surface area contributed by atoms with E-state index in [1.54, 1.807) is 6.20 Å². The van der Waals surface area contributed by atoms with Crippen LogP contribution in [0, 0.1) is 0 Å². The molecule has 0 spiro atoms. The lowest BCUT2D eigenvalue weighted by Crippen LogP contribution is -2.12. The summed E-state index contributed by atoms with van der Waals surface area (Å²) in [6, 6.07) is 6.07. The van der Waals surface area contributed by atoms with Gasteiger partial charge in [-0.2, -0.15) is 5.10 Å². The molecule has 2 heterocycles. The molecule has 0 aliphatic carbocycles. The Hall–Kier alpha value is -1.88. The first-order valence-corrected chi connectivity index (χ1v) is 7.60. The van der Waals surface area contributed by atoms with Crippen LogP contribution in [0.25, 0.3) is 0 Å². The van der Waals surface area contributed by atoms with E-state index < -0.39 is 0 Å². The summed E-state index contributed by atoms with van der Waals surface area (Å²) in [5, 5.41) is 7.77. The number of nitrogens with zero attached hydrogens (tertiary/aromatic N) is 3. The molecule has 0 aliphatic heterocycles. The fourth-order valence-corrected chi connectivity index (χ4v) is 2.09. The molecule has 0 unspecified atom stereocenters. The van der Waals surface area contributed by atoms with Gasteiger partial charge in [0.25, 0.3) is 0 Å². The molecule has 1 N–H and O–H groups in total. The van der Waals surface area contributed by atoms with Gasteiger partial charge in [-0.25, -0.2) is 0 Å². The minimum absolute atomic E-state index is 0.523. The SMILES string of the molecule is CCNCc1ccc(OCc2cc(CC)nn2CC)cn1. The van der Waals surface area contributed by atoms with E-state index in [2.05, 4.69) is 42.2 Å². The molecule has 2 aromatic heterocycles. The standard InChI is InChI=1S/C16H24N4O/c1-4-13-9-15(20(6-3)19-13)12-21-16-8-7-14(18-11-16)10-17-5-2/h7-9,11,17H,4-6,10,12H2,1-3H3. The van der Waals surface area contributed by atoms with Gasteiger partial charge in [0.05, 0.1) is 23.3 Å². The average molecular weight is 288 g/mol. The molecule has 2 rings (SSSR count). The van der Waals surface area contributed by atoms with Crippen molar-refractivity contribution in [3.63, 3.8) is 0 Å². The topological polar surface area (TPSA) is 52.0 Å². The quantitative estimate of drug-likeness (QED) is 0.811. The predicted molar refractivity (Wildman–Crippen MR) is 83.2 cm³/mol. The number of aryl methyl sites for hydroxylation is 2. The Bertz CT molecular complexity index is 548. The number of hydrogen-bond donors (Lipinski definition) is 1. The summed E-state index contributed by atoms with van der Waals surface area (Å²) in [7, 11) is 0. The Labute approximate surface area is 126 Å². The third-order valence-corrected chi connectivity index (χ3v) is 3.32. The maximum atomic E-state index is 5.81. The Morgan fingerprint density at radius 3 is 2.67 bits per heavy atom. The van der Waals surface area contributed by atoms with Crippen LogP contribution >= 0.6 is 0 Å². The summed E-state index contributed by atoms with van der Waals surface area (Å²) < 4.78 is 7.80. The number of aromatic nitrogens is 3. The highest BCUT2D eigenvalue weighted by Gasteiger charge is 2.06. The number of ether oxygens (including phenoxy) is 1. The Kier molecular flexibility index (Phi) is 5.75. The lowest BCUT2D eigenvalue weighted by Gasteiger charge is -2.08. The summed E-state index contributed by atoms with van der Waals surface area (Å²) in [5.41, 5.74) is 3.23. The van der Waals surface area contributed by atoms with Crippen LogP contribution in [0.3, 0.4) is 0 Å². The first-order chi connectivity index (χ1) is 10.3. The Morgan fingerprint density at radius 1 is 1.19 bits per heavy atom. The van der Waals surface area contributed by atoms with Crippen molar-refractivity contribution in [2.45, 2.75) is 46.9 Å². The summed E-state index contributed by atoms with van der Waals surface area (Å²) in [4.78, 5) is 4.38. The van der Waals surface area contributed by atoms with Crippen molar-refractivity contribution in [2.24, 2.45) is 0 Å². The van der Waals surface area contributed by atoms with E-state index in [9.17, 15) is 0 Å². The van der Waals surface area contributed by atoms with Gasteiger partial charge in [-0.05, 0) is 38.1 Å². The summed E-state index contributed by atoms with van der Waals surface area (Å²) >= 11 is 0. The van der Waals surface area contributed by atoms with Crippen LogP contribution in [0.4, 0.5) is 0 Å². The molecule has 0 radical (unpaired) electrons. The molecular weight excluding hydrogens is 264 g/mol. The highest BCUT2D eigenvalue weighted by molar-refractivity contribution is 5.20. The van der Waals surface area contributed by atoms with Gasteiger partial charge in [0.2, 0.25) is 0 Å². The Morgan fingerprint density at radius 2 is 2.05 bits per heavy atom. The van der Waals surface area contributed by atoms with Crippen LogP contribution in [0.1, 0.15) is 37.9 Å². The van der Waals surface area contributed by atoms with Gasteiger partial charge in [0.15, 0.2) is 0 Å². The van der Waals surface area contributed by atoms with E-state index >= 15 is 0 Å². The van der Waals surface area contributed by atoms with Gasteiger partial charge in [-0.1, -0.05) is 13.8 Å². The van der Waals surface area contributed by atoms with E-state index in [0.717, 1.165) is 48.9 Å². The highest BCUT2D eigenvalue weighted by Crippen LogP contribution is 2.13. The van der Waals surface area contributed by atoms with Gasteiger partial charge in [0, 0.05) is 13.1 Å². The third kappa shape index (κ3) is 4.29. The van der Waals surface area contributed by atoms with Crippen molar-refractivity contribution in [3.8, 4) is 5.75 Å². The first-order valence-electron chi connectivity index (χ1n) is 7.60. The second-order valence-electron chi connectivity index (χ2n) is 4.85. The van der Waals surface area contributed by atoms with Crippen molar-refractivity contribution >= 4 is 0 Å². The molecule has 5 heteroatoms. The molecule has 0 aromatic carbocycles. The van der Waals surface area contributed by atoms with Crippen LogP contribution in [0.15, 0.2) is 24.4 Å². The third-order valence-electron chi connectivity index (χ3n) is 3.32. The maximum absolute atomic E-state index is 5.81. The van der Waals surface area contributed by atoms with Crippen LogP contribution in [0.2, 0.25) is 0 Å². The zero-order valence-electron chi connectivity index (χ0n) is 13.1. The normalized spacial score (nSPS) is 10.8. The van der Waals surface area contributed by atoms with E-state index in [-0.39, 0.29) is 0 Å². The summed E-state index contributed by atoms with van der Waals surface area (Å²) in [6.07, 6.45) is 2.72. The molecule has 0 saturated heterocycles. The van der Waals surface area contributed by atoms with E-state index in [1.165, 1.54) is 0 Å². The lowest BCUT2D eigenvalue weighted by molar-refractivity contribution is 0.291. The molecule has 114 valence electrons. The largest absolute Gasteiger partial charge is 0.486 e. The maximum Gasteiger partial charge on any atom is 0.138 e. The van der Waals surface area contributed by atoms with Crippen LogP contribution in [0.5, 0.6) is 5.75 Å². The van der Waals surface area contributed by atoms with Crippen molar-refractivity contribution in [2.75, 3.05) is 6.54 Å². The Balaban J connectivity index is 1.94. The fourth-order valence-electron chi connectivity index (χ4n) is 2.09. The zero-order chi connectivity index (χ0) is 15.1. The molecule has 0 bridgehead atoms. The van der Waals surface area contributed by atoms with Crippen LogP contribution in [-0.2, 0) is 26.1 Å².